The van der Waals surface area contributed by atoms with Crippen LogP contribution in [0.2, 0.25) is 0 Å². The first-order chi connectivity index (χ1) is 19.7. The van der Waals surface area contributed by atoms with Crippen molar-refractivity contribution in [3.05, 3.63) is 69.0 Å². The van der Waals surface area contributed by atoms with Gasteiger partial charge in [0.05, 0.1) is 12.2 Å². The van der Waals surface area contributed by atoms with Gasteiger partial charge >= 0.3 is 5.56 Å². The van der Waals surface area contributed by atoms with Crippen molar-refractivity contribution in [2.75, 3.05) is 13.1 Å². The van der Waals surface area contributed by atoms with Gasteiger partial charge in [0, 0.05) is 54.6 Å². The van der Waals surface area contributed by atoms with E-state index >= 15 is 0 Å². The molecule has 0 radical (unpaired) electrons. The summed E-state index contributed by atoms with van der Waals surface area (Å²) in [4.78, 5) is 50.1. The number of fused-ring (bicyclic) bond motifs is 1. The highest BCUT2D eigenvalue weighted by Gasteiger charge is 2.28. The Kier molecular flexibility index (Phi) is 7.08. The molecule has 2 N–H and O–H groups in total. The second-order valence-corrected chi connectivity index (χ2v) is 11.7. The van der Waals surface area contributed by atoms with Crippen LogP contribution in [0.1, 0.15) is 47.5 Å². The van der Waals surface area contributed by atoms with Gasteiger partial charge in [-0.3, -0.25) is 14.4 Å². The zero-order valence-corrected chi connectivity index (χ0v) is 23.4. The Morgan fingerprint density at radius 2 is 1.95 bits per heavy atom. The molecular formula is C28H29FN6O5S. The predicted molar refractivity (Wildman–Crippen MR) is 149 cm³/mol. The smallest absolute Gasteiger partial charge is 0.302 e. The zero-order chi connectivity index (χ0) is 28.8. The Bertz CT molecular complexity index is 1700. The Morgan fingerprint density at radius 3 is 2.68 bits per heavy atom. The summed E-state index contributed by atoms with van der Waals surface area (Å²) in [7, 11) is 0. The lowest BCUT2D eigenvalue weighted by Gasteiger charge is -2.35. The van der Waals surface area contributed by atoms with Crippen molar-refractivity contribution in [1.29, 1.82) is 0 Å². The number of hydrogen-bond acceptors (Lipinski definition) is 8. The van der Waals surface area contributed by atoms with E-state index in [0.717, 1.165) is 17.7 Å². The Hall–Kier alpha value is -4.10. The molecule has 2 unspecified atom stereocenters. The number of ether oxygens (including phenoxy) is 1. The molecule has 1 aliphatic heterocycles. The van der Waals surface area contributed by atoms with Gasteiger partial charge in [-0.25, -0.2) is 18.8 Å². The number of carbonyl (C=O) groups excluding carboxylic acids is 2. The summed E-state index contributed by atoms with van der Waals surface area (Å²) in [6.45, 7) is 4.74. The minimum absolute atomic E-state index is 0.00179. The SMILES string of the molecule is CC1CN(C(=O)Cn2ccn3c(=O)c(O)c(-c4ncc(Cc5ccc(F)cc5C(=O)NC5CC5)s4)nc23)CC(C)O1. The van der Waals surface area contributed by atoms with Crippen LogP contribution in [0.25, 0.3) is 16.5 Å². The van der Waals surface area contributed by atoms with Gasteiger partial charge in [0.1, 0.15) is 17.4 Å². The van der Waals surface area contributed by atoms with E-state index in [9.17, 15) is 23.9 Å². The fourth-order valence-corrected chi connectivity index (χ4v) is 5.98. The molecule has 1 aromatic carbocycles. The standard InChI is InChI=1S/C28H29FN6O5S/c1-15-12-34(13-16(2)40-15)22(36)14-33-7-8-35-27(39)24(37)23(32-28(33)35)26-30-11-20(41-26)9-17-3-4-18(29)10-21(17)25(38)31-19-5-6-19/h3-4,7-8,10-11,15-16,19,37H,5-6,9,12-14H2,1-2H3,(H,31,38). The molecule has 4 aromatic rings. The highest BCUT2D eigenvalue weighted by Crippen LogP contribution is 2.31. The molecule has 4 heterocycles. The summed E-state index contributed by atoms with van der Waals surface area (Å²) in [6.07, 6.45) is 6.59. The third-order valence-corrected chi connectivity index (χ3v) is 8.16. The predicted octanol–water partition coefficient (Wildman–Crippen LogP) is 2.58. The molecule has 3 aromatic heterocycles. The van der Waals surface area contributed by atoms with Gasteiger partial charge in [0.15, 0.2) is 5.69 Å². The molecule has 214 valence electrons. The number of nitrogens with one attached hydrogen (secondary N) is 1. The number of nitrogens with zero attached hydrogens (tertiary/aromatic N) is 5. The van der Waals surface area contributed by atoms with Gasteiger partial charge in [-0.05, 0) is 44.4 Å². The zero-order valence-electron chi connectivity index (χ0n) is 22.5. The van der Waals surface area contributed by atoms with E-state index in [0.29, 0.717) is 30.1 Å². The van der Waals surface area contributed by atoms with E-state index in [-0.39, 0.29) is 53.6 Å². The minimum Gasteiger partial charge on any atom is -0.501 e. The summed E-state index contributed by atoms with van der Waals surface area (Å²) in [5, 5.41) is 13.9. The van der Waals surface area contributed by atoms with E-state index in [1.807, 2.05) is 13.8 Å². The van der Waals surface area contributed by atoms with Gasteiger partial charge in [-0.15, -0.1) is 11.3 Å². The van der Waals surface area contributed by atoms with Crippen molar-refractivity contribution in [3.8, 4) is 16.5 Å². The molecule has 1 aliphatic carbocycles. The number of benzene rings is 1. The maximum atomic E-state index is 14.0. The van der Waals surface area contributed by atoms with Crippen LogP contribution in [0.15, 0.2) is 41.6 Å². The molecule has 0 spiro atoms. The number of hydrogen-bond donors (Lipinski definition) is 2. The second kappa shape index (κ2) is 10.7. The number of carbonyl (C=O) groups is 2. The third kappa shape index (κ3) is 5.59. The van der Waals surface area contributed by atoms with Crippen LogP contribution in [0, 0.1) is 5.82 Å². The first-order valence-electron chi connectivity index (χ1n) is 13.4. The number of thiazole rings is 1. The number of morpholine rings is 1. The van der Waals surface area contributed by atoms with Crippen LogP contribution in [-0.4, -0.2) is 72.1 Å². The Morgan fingerprint density at radius 1 is 1.20 bits per heavy atom. The van der Waals surface area contributed by atoms with E-state index in [1.54, 1.807) is 27.9 Å². The van der Waals surface area contributed by atoms with Crippen LogP contribution >= 0.6 is 11.3 Å². The number of amides is 2. The lowest BCUT2D eigenvalue weighted by molar-refractivity contribution is -0.143. The van der Waals surface area contributed by atoms with E-state index < -0.39 is 17.1 Å². The van der Waals surface area contributed by atoms with Gasteiger partial charge in [0.2, 0.25) is 17.4 Å². The molecular weight excluding hydrogens is 551 g/mol. The van der Waals surface area contributed by atoms with Crippen molar-refractivity contribution in [2.45, 2.75) is 57.9 Å². The highest BCUT2D eigenvalue weighted by atomic mass is 32.1. The lowest BCUT2D eigenvalue weighted by atomic mass is 10.0. The molecule has 0 bridgehead atoms. The van der Waals surface area contributed by atoms with Crippen LogP contribution in [-0.2, 0) is 22.5 Å². The van der Waals surface area contributed by atoms with Gasteiger partial charge in [-0.2, -0.15) is 0 Å². The lowest BCUT2D eigenvalue weighted by Crippen LogP contribution is -2.49. The summed E-state index contributed by atoms with van der Waals surface area (Å²) < 4.78 is 22.4. The van der Waals surface area contributed by atoms with E-state index in [4.69, 9.17) is 4.74 Å². The molecule has 2 amide bonds. The van der Waals surface area contributed by atoms with Crippen LogP contribution in [0.4, 0.5) is 4.39 Å². The van der Waals surface area contributed by atoms with Gasteiger partial charge < -0.3 is 24.6 Å². The average Bonchev–Trinajstić information content (AvgIpc) is 3.47. The van der Waals surface area contributed by atoms with Crippen molar-refractivity contribution in [3.63, 3.8) is 0 Å². The van der Waals surface area contributed by atoms with E-state index in [1.165, 1.54) is 34.1 Å². The van der Waals surface area contributed by atoms with Gasteiger partial charge in [0.25, 0.3) is 5.91 Å². The quantitative estimate of drug-likeness (QED) is 0.344. The maximum Gasteiger partial charge on any atom is 0.302 e. The molecule has 2 atom stereocenters. The number of imidazole rings is 1. The molecule has 1 saturated heterocycles. The third-order valence-electron chi connectivity index (χ3n) is 7.15. The number of aromatic nitrogens is 4. The van der Waals surface area contributed by atoms with Crippen LogP contribution in [0.3, 0.4) is 0 Å². The van der Waals surface area contributed by atoms with E-state index in [2.05, 4.69) is 15.3 Å². The Labute approximate surface area is 238 Å². The Balaban J connectivity index is 1.27. The second-order valence-electron chi connectivity index (χ2n) is 10.6. The number of halogens is 1. The highest BCUT2D eigenvalue weighted by molar-refractivity contribution is 7.15. The number of aromatic hydroxyl groups is 1. The topological polar surface area (TPSA) is 131 Å². The molecule has 41 heavy (non-hydrogen) atoms. The van der Waals surface area contributed by atoms with Crippen molar-refractivity contribution in [2.24, 2.45) is 0 Å². The van der Waals surface area contributed by atoms with Crippen molar-refractivity contribution >= 4 is 28.9 Å². The summed E-state index contributed by atoms with van der Waals surface area (Å²) >= 11 is 1.20. The van der Waals surface area contributed by atoms with Crippen molar-refractivity contribution < 1.29 is 23.8 Å². The molecule has 13 heteroatoms. The van der Waals surface area contributed by atoms with Crippen molar-refractivity contribution in [1.82, 2.24) is 29.2 Å². The average molecular weight is 581 g/mol. The normalized spacial score (nSPS) is 19.0. The molecule has 11 nitrogen and oxygen atoms in total. The molecule has 6 rings (SSSR count). The van der Waals surface area contributed by atoms with Crippen LogP contribution < -0.4 is 10.9 Å². The first-order valence-corrected chi connectivity index (χ1v) is 14.3. The summed E-state index contributed by atoms with van der Waals surface area (Å²) in [5.41, 5.74) is 0.211. The minimum atomic E-state index is -0.681. The monoisotopic (exact) mass is 580 g/mol. The fraction of sp³-hybridized carbons (Fsp3) is 0.393. The molecule has 2 aliphatic rings. The van der Waals surface area contributed by atoms with Gasteiger partial charge in [-0.1, -0.05) is 6.07 Å². The summed E-state index contributed by atoms with van der Waals surface area (Å²) in [6, 6.07) is 4.24. The molecule has 2 fully saturated rings. The largest absolute Gasteiger partial charge is 0.501 e. The summed E-state index contributed by atoms with van der Waals surface area (Å²) in [5.74, 6) is -1.32. The van der Waals surface area contributed by atoms with Crippen LogP contribution in [0.5, 0.6) is 5.75 Å². The number of rotatable bonds is 7. The molecule has 1 saturated carbocycles. The fourth-order valence-electron chi connectivity index (χ4n) is 5.06. The first kappa shape index (κ1) is 27.1. The maximum absolute atomic E-state index is 14.0.